The maximum Gasteiger partial charge on any atom is 0.220 e. The van der Waals surface area contributed by atoms with Gasteiger partial charge in [0.2, 0.25) is 5.91 Å². The van der Waals surface area contributed by atoms with Crippen molar-refractivity contribution in [3.05, 3.63) is 29.8 Å². The molecule has 1 unspecified atom stereocenters. The molecule has 1 saturated heterocycles. The van der Waals surface area contributed by atoms with Crippen molar-refractivity contribution in [2.75, 3.05) is 31.2 Å². The zero-order valence-electron chi connectivity index (χ0n) is 14.7. The molecule has 0 spiro atoms. The number of morpholine rings is 1. The smallest absolute Gasteiger partial charge is 0.220 e. The second-order valence-electron chi connectivity index (χ2n) is 6.58. The summed E-state index contributed by atoms with van der Waals surface area (Å²) in [6.07, 6.45) is 2.62. The van der Waals surface area contributed by atoms with E-state index in [9.17, 15) is 4.79 Å². The van der Waals surface area contributed by atoms with Crippen LogP contribution in [-0.4, -0.2) is 32.2 Å². The molecule has 1 heterocycles. The Bertz CT molecular complexity index is 479. The Morgan fingerprint density at radius 3 is 2.43 bits per heavy atom. The molecule has 2 rings (SSSR count). The van der Waals surface area contributed by atoms with Gasteiger partial charge >= 0.3 is 0 Å². The van der Waals surface area contributed by atoms with Crippen LogP contribution in [-0.2, 0) is 9.53 Å². The lowest BCUT2D eigenvalue weighted by atomic mass is 9.95. The van der Waals surface area contributed by atoms with E-state index in [0.29, 0.717) is 12.3 Å². The van der Waals surface area contributed by atoms with Crippen LogP contribution < -0.4 is 10.2 Å². The number of amides is 1. The summed E-state index contributed by atoms with van der Waals surface area (Å²) in [5, 5.41) is 3.19. The zero-order chi connectivity index (χ0) is 16.7. The van der Waals surface area contributed by atoms with Crippen molar-refractivity contribution in [1.82, 2.24) is 5.32 Å². The number of anilines is 1. The standard InChI is InChI=1S/C19H30N2O2/c1-4-5-6-18(22)20-19(15(2)3)16-7-9-17(10-8-16)21-11-13-23-14-12-21/h7-10,15,19H,4-6,11-14H2,1-3H3,(H,20,22). The third-order valence-electron chi connectivity index (χ3n) is 4.37. The predicted octanol–water partition coefficient (Wildman–Crippen LogP) is 3.53. The number of hydrogen-bond donors (Lipinski definition) is 1. The molecular formula is C19H30N2O2. The van der Waals surface area contributed by atoms with E-state index in [1.54, 1.807) is 0 Å². The summed E-state index contributed by atoms with van der Waals surface area (Å²) >= 11 is 0. The Balaban J connectivity index is 2.02. The summed E-state index contributed by atoms with van der Waals surface area (Å²) in [5.74, 6) is 0.526. The zero-order valence-corrected chi connectivity index (χ0v) is 14.7. The SMILES string of the molecule is CCCCC(=O)NC(c1ccc(N2CCOCC2)cc1)C(C)C. The molecule has 0 aliphatic carbocycles. The fraction of sp³-hybridized carbons (Fsp3) is 0.632. The molecule has 0 radical (unpaired) electrons. The van der Waals surface area contributed by atoms with Crippen LogP contribution in [0.3, 0.4) is 0 Å². The lowest BCUT2D eigenvalue weighted by molar-refractivity contribution is -0.122. The lowest BCUT2D eigenvalue weighted by Gasteiger charge is -2.29. The number of unbranched alkanes of at least 4 members (excludes halogenated alkanes) is 1. The van der Waals surface area contributed by atoms with Crippen LogP contribution in [0, 0.1) is 5.92 Å². The van der Waals surface area contributed by atoms with Gasteiger partial charge in [-0.3, -0.25) is 4.79 Å². The topological polar surface area (TPSA) is 41.6 Å². The van der Waals surface area contributed by atoms with Crippen molar-refractivity contribution in [2.24, 2.45) is 5.92 Å². The van der Waals surface area contributed by atoms with Gasteiger partial charge in [-0.2, -0.15) is 0 Å². The highest BCUT2D eigenvalue weighted by Gasteiger charge is 2.19. The predicted molar refractivity (Wildman–Crippen MR) is 94.7 cm³/mol. The van der Waals surface area contributed by atoms with Gasteiger partial charge in [-0.1, -0.05) is 39.3 Å². The van der Waals surface area contributed by atoms with E-state index in [4.69, 9.17) is 4.74 Å². The summed E-state index contributed by atoms with van der Waals surface area (Å²) in [5.41, 5.74) is 2.42. The molecule has 128 valence electrons. The third kappa shape index (κ3) is 5.24. The molecule has 1 atom stereocenters. The van der Waals surface area contributed by atoms with Gasteiger partial charge in [-0.15, -0.1) is 0 Å². The van der Waals surface area contributed by atoms with E-state index in [-0.39, 0.29) is 11.9 Å². The number of carbonyl (C=O) groups excluding carboxylic acids is 1. The van der Waals surface area contributed by atoms with Crippen molar-refractivity contribution >= 4 is 11.6 Å². The van der Waals surface area contributed by atoms with Crippen LogP contribution >= 0.6 is 0 Å². The van der Waals surface area contributed by atoms with Gasteiger partial charge in [0.05, 0.1) is 19.3 Å². The van der Waals surface area contributed by atoms with E-state index >= 15 is 0 Å². The van der Waals surface area contributed by atoms with Crippen molar-refractivity contribution in [1.29, 1.82) is 0 Å². The average molecular weight is 318 g/mol. The van der Waals surface area contributed by atoms with Gasteiger partial charge in [0.15, 0.2) is 0 Å². The Kier molecular flexibility index (Phi) is 6.90. The minimum atomic E-state index is 0.0816. The van der Waals surface area contributed by atoms with Gasteiger partial charge in [-0.05, 0) is 30.0 Å². The molecular weight excluding hydrogens is 288 g/mol. The fourth-order valence-electron chi connectivity index (χ4n) is 2.93. The number of hydrogen-bond acceptors (Lipinski definition) is 3. The highest BCUT2D eigenvalue weighted by molar-refractivity contribution is 5.76. The summed E-state index contributed by atoms with van der Waals surface area (Å²) in [4.78, 5) is 14.4. The molecule has 4 heteroatoms. The fourth-order valence-corrected chi connectivity index (χ4v) is 2.93. The molecule has 0 bridgehead atoms. The second-order valence-corrected chi connectivity index (χ2v) is 6.58. The van der Waals surface area contributed by atoms with E-state index < -0.39 is 0 Å². The molecule has 0 saturated carbocycles. The minimum absolute atomic E-state index is 0.0816. The Morgan fingerprint density at radius 2 is 1.87 bits per heavy atom. The summed E-state index contributed by atoms with van der Waals surface area (Å²) < 4.78 is 5.40. The van der Waals surface area contributed by atoms with Crippen LogP contribution in [0.4, 0.5) is 5.69 Å². The normalized spacial score (nSPS) is 16.4. The Morgan fingerprint density at radius 1 is 1.22 bits per heavy atom. The van der Waals surface area contributed by atoms with Crippen molar-refractivity contribution in [2.45, 2.75) is 46.1 Å². The van der Waals surface area contributed by atoms with Gasteiger partial charge < -0.3 is 15.0 Å². The first-order chi connectivity index (χ1) is 11.1. The number of ether oxygens (including phenoxy) is 1. The second kappa shape index (κ2) is 8.92. The van der Waals surface area contributed by atoms with Crippen molar-refractivity contribution < 1.29 is 9.53 Å². The molecule has 1 N–H and O–H groups in total. The molecule has 4 nitrogen and oxygen atoms in total. The largest absolute Gasteiger partial charge is 0.378 e. The van der Waals surface area contributed by atoms with Gasteiger partial charge in [0.25, 0.3) is 0 Å². The van der Waals surface area contributed by atoms with E-state index in [0.717, 1.165) is 39.1 Å². The van der Waals surface area contributed by atoms with Crippen LogP contribution in [0.15, 0.2) is 24.3 Å². The monoisotopic (exact) mass is 318 g/mol. The van der Waals surface area contributed by atoms with Gasteiger partial charge in [0, 0.05) is 25.2 Å². The number of nitrogens with zero attached hydrogens (tertiary/aromatic N) is 1. The van der Waals surface area contributed by atoms with Gasteiger partial charge in [-0.25, -0.2) is 0 Å². The molecule has 1 aliphatic heterocycles. The Hall–Kier alpha value is -1.55. The molecule has 1 aromatic rings. The summed E-state index contributed by atoms with van der Waals surface area (Å²) in [6.45, 7) is 9.90. The summed E-state index contributed by atoms with van der Waals surface area (Å²) in [6, 6.07) is 8.70. The number of carbonyl (C=O) groups is 1. The first-order valence-corrected chi connectivity index (χ1v) is 8.83. The van der Waals surface area contributed by atoms with E-state index in [1.807, 2.05) is 0 Å². The molecule has 1 aliphatic rings. The molecule has 1 amide bonds. The molecule has 23 heavy (non-hydrogen) atoms. The van der Waals surface area contributed by atoms with Crippen LogP contribution in [0.25, 0.3) is 0 Å². The highest BCUT2D eigenvalue weighted by atomic mass is 16.5. The minimum Gasteiger partial charge on any atom is -0.378 e. The van der Waals surface area contributed by atoms with Crippen LogP contribution in [0.1, 0.15) is 51.6 Å². The lowest BCUT2D eigenvalue weighted by Crippen LogP contribution is -2.36. The highest BCUT2D eigenvalue weighted by Crippen LogP contribution is 2.25. The number of nitrogens with one attached hydrogen (secondary N) is 1. The maximum absolute atomic E-state index is 12.1. The Labute approximate surface area is 140 Å². The molecule has 1 aromatic carbocycles. The summed E-state index contributed by atoms with van der Waals surface area (Å²) in [7, 11) is 0. The van der Waals surface area contributed by atoms with Crippen molar-refractivity contribution in [3.8, 4) is 0 Å². The maximum atomic E-state index is 12.1. The first-order valence-electron chi connectivity index (χ1n) is 8.83. The quantitative estimate of drug-likeness (QED) is 0.836. The average Bonchev–Trinajstić information content (AvgIpc) is 2.58. The van der Waals surface area contributed by atoms with Crippen molar-refractivity contribution in [3.63, 3.8) is 0 Å². The third-order valence-corrected chi connectivity index (χ3v) is 4.37. The number of rotatable bonds is 7. The van der Waals surface area contributed by atoms with Crippen LogP contribution in [0.5, 0.6) is 0 Å². The van der Waals surface area contributed by atoms with Gasteiger partial charge in [0.1, 0.15) is 0 Å². The molecule has 0 aromatic heterocycles. The van der Waals surface area contributed by atoms with E-state index in [1.165, 1.54) is 11.3 Å². The van der Waals surface area contributed by atoms with E-state index in [2.05, 4.69) is 55.3 Å². The first kappa shape index (κ1) is 17.8. The molecule has 1 fully saturated rings. The number of benzene rings is 1. The van der Waals surface area contributed by atoms with Crippen LogP contribution in [0.2, 0.25) is 0 Å².